The molecule has 3 aromatic carbocycles. The fourth-order valence-electron chi connectivity index (χ4n) is 5.04. The van der Waals surface area contributed by atoms with Crippen molar-refractivity contribution < 1.29 is 14.3 Å². The molecule has 0 saturated heterocycles. The van der Waals surface area contributed by atoms with E-state index in [0.717, 1.165) is 12.8 Å². The molecule has 6 rings (SSSR count). The number of imidazole rings is 1. The van der Waals surface area contributed by atoms with Crippen LogP contribution in [0, 0.1) is 0 Å². The van der Waals surface area contributed by atoms with Crippen molar-refractivity contribution in [1.82, 2.24) is 14.3 Å². The van der Waals surface area contributed by atoms with Crippen molar-refractivity contribution in [2.45, 2.75) is 26.2 Å². The van der Waals surface area contributed by atoms with E-state index in [1.54, 1.807) is 40.8 Å². The maximum absolute atomic E-state index is 13.6. The molecule has 5 aromatic rings. The van der Waals surface area contributed by atoms with Crippen LogP contribution in [-0.4, -0.2) is 45.9 Å². The van der Waals surface area contributed by atoms with Crippen LogP contribution in [0.3, 0.4) is 0 Å². The van der Waals surface area contributed by atoms with E-state index in [-0.39, 0.29) is 23.9 Å². The molecular weight excluding hydrogens is 466 g/mol. The van der Waals surface area contributed by atoms with E-state index >= 15 is 0 Å². The number of imide groups is 1. The quantitative estimate of drug-likeness (QED) is 0.237. The first-order chi connectivity index (χ1) is 17.0. The maximum Gasteiger partial charge on any atom is 0.264 e. The third-order valence-corrected chi connectivity index (χ3v) is 6.95. The zero-order valence-electron chi connectivity index (χ0n) is 19.1. The van der Waals surface area contributed by atoms with Gasteiger partial charge >= 0.3 is 0 Å². The molecule has 0 unspecified atom stereocenters. The van der Waals surface area contributed by atoms with Gasteiger partial charge in [-0.1, -0.05) is 24.9 Å². The number of amides is 2. The summed E-state index contributed by atoms with van der Waals surface area (Å²) in [5.41, 5.74) is 2.35. The second kappa shape index (κ2) is 8.29. The van der Waals surface area contributed by atoms with E-state index in [2.05, 4.69) is 11.9 Å². The molecule has 176 valence electrons. The lowest BCUT2D eigenvalue weighted by Crippen LogP contribution is -2.41. The normalized spacial score (nSPS) is 13.8. The third kappa shape index (κ3) is 3.22. The van der Waals surface area contributed by atoms with E-state index in [1.807, 2.05) is 6.07 Å². The number of fused-ring (bicyclic) bond motifs is 4. The zero-order valence-corrected chi connectivity index (χ0v) is 19.9. The van der Waals surface area contributed by atoms with Gasteiger partial charge in [0.2, 0.25) is 0 Å². The summed E-state index contributed by atoms with van der Waals surface area (Å²) in [6.45, 7) is 3.55. The highest BCUT2D eigenvalue weighted by molar-refractivity contribution is 6.32. The van der Waals surface area contributed by atoms with Crippen molar-refractivity contribution in [2.24, 2.45) is 0 Å². The van der Waals surface area contributed by atoms with Crippen LogP contribution in [0.2, 0.25) is 5.02 Å². The summed E-state index contributed by atoms with van der Waals surface area (Å²) in [6.07, 6.45) is 2.61. The number of hydrogen-bond acceptors (Lipinski definition) is 5. The number of carbonyl (C=O) groups is 2. The smallest absolute Gasteiger partial charge is 0.264 e. The van der Waals surface area contributed by atoms with Crippen molar-refractivity contribution in [3.05, 3.63) is 69.0 Å². The van der Waals surface area contributed by atoms with E-state index < -0.39 is 0 Å². The number of aromatic nitrogens is 2. The van der Waals surface area contributed by atoms with Gasteiger partial charge in [0, 0.05) is 57.5 Å². The number of hydrogen-bond donors (Lipinski definition) is 0. The van der Waals surface area contributed by atoms with Gasteiger partial charge in [-0.2, -0.15) is 0 Å². The molecule has 2 aromatic heterocycles. The van der Waals surface area contributed by atoms with Gasteiger partial charge in [-0.25, -0.2) is 4.98 Å². The van der Waals surface area contributed by atoms with Crippen LogP contribution in [0.4, 0.5) is 0 Å². The predicted molar refractivity (Wildman–Crippen MR) is 136 cm³/mol. The fraction of sp³-hybridized carbons (Fsp3) is 0.259. The minimum absolute atomic E-state index is 0.243. The van der Waals surface area contributed by atoms with Crippen molar-refractivity contribution in [2.75, 3.05) is 19.8 Å². The summed E-state index contributed by atoms with van der Waals surface area (Å²) in [5, 5.41) is 2.81. The van der Waals surface area contributed by atoms with Crippen LogP contribution in [-0.2, 0) is 4.74 Å². The summed E-state index contributed by atoms with van der Waals surface area (Å²) in [7, 11) is 0. The molecule has 0 spiro atoms. The standard InChI is InChI=1S/C27H22ClN3O4/c1-2-3-12-35-13-4-11-30-25(32)17-7-6-16-22-19(9-8-18(23(17)22)26(30)33)27(34)31-21-10-5-15(28)14-20(21)29-24(16)31/h5-10,14H,2-4,11-13H2,1H3. The minimum atomic E-state index is -0.349. The highest BCUT2D eigenvalue weighted by atomic mass is 35.5. The van der Waals surface area contributed by atoms with E-state index in [1.165, 1.54) is 4.90 Å². The molecule has 0 fully saturated rings. The first-order valence-corrected chi connectivity index (χ1v) is 12.2. The number of pyridine rings is 1. The molecule has 2 amide bonds. The van der Waals surface area contributed by atoms with Gasteiger partial charge < -0.3 is 4.74 Å². The monoisotopic (exact) mass is 487 g/mol. The van der Waals surface area contributed by atoms with Crippen molar-refractivity contribution >= 4 is 61.6 Å². The largest absolute Gasteiger partial charge is 0.381 e. The van der Waals surface area contributed by atoms with Gasteiger partial charge in [0.1, 0.15) is 5.65 Å². The molecule has 3 heterocycles. The molecule has 0 radical (unpaired) electrons. The van der Waals surface area contributed by atoms with Crippen LogP contribution < -0.4 is 5.56 Å². The van der Waals surface area contributed by atoms with Crippen LogP contribution >= 0.6 is 11.6 Å². The Bertz CT molecular complexity index is 1700. The Morgan fingerprint density at radius 2 is 1.60 bits per heavy atom. The predicted octanol–water partition coefficient (Wildman–Crippen LogP) is 5.05. The maximum atomic E-state index is 13.6. The number of unbranched alkanes of at least 4 members (excludes halogenated alkanes) is 1. The average molecular weight is 488 g/mol. The second-order valence-corrected chi connectivity index (χ2v) is 9.30. The lowest BCUT2D eigenvalue weighted by molar-refractivity contribution is 0.0583. The highest BCUT2D eigenvalue weighted by Gasteiger charge is 2.34. The molecule has 0 atom stereocenters. The molecule has 8 heteroatoms. The van der Waals surface area contributed by atoms with E-state index in [0.29, 0.717) is 74.0 Å². The molecule has 1 aliphatic rings. The SMILES string of the molecule is CCCCOCCCN1C(=O)c2ccc3c(=O)n4c5ccc(Cl)cc5nc4c4ccc(c2c34)C1=O. The van der Waals surface area contributed by atoms with Crippen molar-refractivity contribution in [3.8, 4) is 0 Å². The molecule has 1 aliphatic heterocycles. The van der Waals surface area contributed by atoms with E-state index in [4.69, 9.17) is 16.3 Å². The van der Waals surface area contributed by atoms with Crippen molar-refractivity contribution in [1.29, 1.82) is 0 Å². The van der Waals surface area contributed by atoms with Gasteiger partial charge in [0.05, 0.1) is 11.0 Å². The Hall–Kier alpha value is -3.55. The molecule has 0 N–H and O–H groups in total. The summed E-state index contributed by atoms with van der Waals surface area (Å²) in [6, 6.07) is 12.1. The lowest BCUT2D eigenvalue weighted by atomic mass is 9.90. The zero-order chi connectivity index (χ0) is 24.3. The number of nitrogens with zero attached hydrogens (tertiary/aromatic N) is 3. The summed E-state index contributed by atoms with van der Waals surface area (Å²) in [4.78, 5) is 46.2. The third-order valence-electron chi connectivity index (χ3n) is 6.72. The van der Waals surface area contributed by atoms with Crippen LogP contribution in [0.25, 0.3) is 38.2 Å². The number of carbonyl (C=O) groups excluding carboxylic acids is 2. The fourth-order valence-corrected chi connectivity index (χ4v) is 5.20. The summed E-state index contributed by atoms with van der Waals surface area (Å²) >= 11 is 6.15. The molecule has 0 aliphatic carbocycles. The van der Waals surface area contributed by atoms with Gasteiger partial charge in [-0.05, 0) is 55.3 Å². The Morgan fingerprint density at radius 3 is 2.34 bits per heavy atom. The van der Waals surface area contributed by atoms with Gasteiger partial charge in [0.25, 0.3) is 17.4 Å². The highest BCUT2D eigenvalue weighted by Crippen LogP contribution is 2.37. The molecule has 7 nitrogen and oxygen atoms in total. The molecular formula is C27H22ClN3O4. The lowest BCUT2D eigenvalue weighted by Gasteiger charge is -2.27. The van der Waals surface area contributed by atoms with Gasteiger partial charge in [-0.15, -0.1) is 0 Å². The summed E-state index contributed by atoms with van der Waals surface area (Å²) in [5.74, 6) is -0.698. The van der Waals surface area contributed by atoms with Gasteiger partial charge in [-0.3, -0.25) is 23.7 Å². The number of rotatable bonds is 7. The second-order valence-electron chi connectivity index (χ2n) is 8.86. The van der Waals surface area contributed by atoms with Gasteiger partial charge in [0.15, 0.2) is 0 Å². The Morgan fingerprint density at radius 1 is 0.886 bits per heavy atom. The molecule has 0 saturated carbocycles. The number of halogens is 1. The topological polar surface area (TPSA) is 81.0 Å². The number of ether oxygens (including phenoxy) is 1. The van der Waals surface area contributed by atoms with Crippen LogP contribution in [0.15, 0.2) is 47.3 Å². The molecule has 35 heavy (non-hydrogen) atoms. The van der Waals surface area contributed by atoms with Crippen LogP contribution in [0.5, 0.6) is 0 Å². The Labute approximate surface area is 205 Å². The first-order valence-electron chi connectivity index (χ1n) is 11.8. The first kappa shape index (κ1) is 21.9. The Balaban J connectivity index is 1.50. The van der Waals surface area contributed by atoms with Crippen LogP contribution in [0.1, 0.15) is 46.9 Å². The molecule has 0 bridgehead atoms. The summed E-state index contributed by atoms with van der Waals surface area (Å²) < 4.78 is 7.16. The Kier molecular flexibility index (Phi) is 5.20. The number of benzene rings is 3. The van der Waals surface area contributed by atoms with E-state index in [9.17, 15) is 14.4 Å². The van der Waals surface area contributed by atoms with Crippen molar-refractivity contribution in [3.63, 3.8) is 0 Å². The minimum Gasteiger partial charge on any atom is -0.381 e. The average Bonchev–Trinajstić information content (AvgIpc) is 3.23.